The van der Waals surface area contributed by atoms with Gasteiger partial charge in [0.2, 0.25) is 0 Å². The van der Waals surface area contributed by atoms with Crippen LogP contribution in [0.15, 0.2) is 18.2 Å². The molecule has 4 nitrogen and oxygen atoms in total. The molecule has 1 aromatic carbocycles. The van der Waals surface area contributed by atoms with Crippen molar-refractivity contribution in [3.05, 3.63) is 34.6 Å². The van der Waals surface area contributed by atoms with Gasteiger partial charge in [-0.2, -0.15) is 0 Å². The molecule has 0 aliphatic carbocycles. The van der Waals surface area contributed by atoms with Gasteiger partial charge in [0.05, 0.1) is 11.5 Å². The van der Waals surface area contributed by atoms with Gasteiger partial charge in [-0.1, -0.05) is 18.5 Å². The Bertz CT molecular complexity index is 549. The third-order valence-corrected chi connectivity index (χ3v) is 3.69. The largest absolute Gasteiger partial charge is 0.481 e. The molecule has 1 heterocycles. The maximum Gasteiger partial charge on any atom is 0.308 e. The lowest BCUT2D eigenvalue weighted by Crippen LogP contribution is -2.45. The van der Waals surface area contributed by atoms with Crippen LogP contribution in [0.2, 0.25) is 5.02 Å². The number of likely N-dealkylation sites (tertiary alicyclic amines) is 1. The molecule has 0 saturated carbocycles. The SMILES string of the molecule is CC1CC(C(=O)O)CN(C(=O)c2cc(Cl)ccc2F)C1. The van der Waals surface area contributed by atoms with Gasteiger partial charge in [0, 0.05) is 18.1 Å². The van der Waals surface area contributed by atoms with Gasteiger partial charge in [0.1, 0.15) is 5.82 Å². The van der Waals surface area contributed by atoms with Gasteiger partial charge in [-0.3, -0.25) is 9.59 Å². The van der Waals surface area contributed by atoms with Crippen molar-refractivity contribution in [3.63, 3.8) is 0 Å². The second-order valence-corrected chi connectivity index (χ2v) is 5.65. The second-order valence-electron chi connectivity index (χ2n) is 5.21. The van der Waals surface area contributed by atoms with Crippen LogP contribution in [0.4, 0.5) is 4.39 Å². The smallest absolute Gasteiger partial charge is 0.308 e. The van der Waals surface area contributed by atoms with Gasteiger partial charge in [0.15, 0.2) is 0 Å². The fourth-order valence-electron chi connectivity index (χ4n) is 2.53. The highest BCUT2D eigenvalue weighted by Crippen LogP contribution is 2.24. The van der Waals surface area contributed by atoms with Crippen LogP contribution in [-0.2, 0) is 4.79 Å². The van der Waals surface area contributed by atoms with Crippen LogP contribution in [0.3, 0.4) is 0 Å². The van der Waals surface area contributed by atoms with E-state index in [9.17, 15) is 14.0 Å². The van der Waals surface area contributed by atoms with Crippen molar-refractivity contribution in [2.75, 3.05) is 13.1 Å². The van der Waals surface area contributed by atoms with E-state index in [4.69, 9.17) is 16.7 Å². The molecule has 0 aromatic heterocycles. The first kappa shape index (κ1) is 14.8. The summed E-state index contributed by atoms with van der Waals surface area (Å²) in [7, 11) is 0. The van der Waals surface area contributed by atoms with Gasteiger partial charge in [-0.15, -0.1) is 0 Å². The summed E-state index contributed by atoms with van der Waals surface area (Å²) in [5, 5.41) is 9.36. The average molecular weight is 300 g/mol. The van der Waals surface area contributed by atoms with Gasteiger partial charge >= 0.3 is 5.97 Å². The molecule has 6 heteroatoms. The maximum absolute atomic E-state index is 13.7. The third-order valence-electron chi connectivity index (χ3n) is 3.45. The predicted octanol–water partition coefficient (Wildman–Crippen LogP) is 2.66. The zero-order chi connectivity index (χ0) is 14.9. The van der Waals surface area contributed by atoms with E-state index in [0.29, 0.717) is 13.0 Å². The van der Waals surface area contributed by atoms with Crippen LogP contribution in [0.5, 0.6) is 0 Å². The fourth-order valence-corrected chi connectivity index (χ4v) is 2.70. The van der Waals surface area contributed by atoms with Gasteiger partial charge in [-0.05, 0) is 30.5 Å². The number of carboxylic acids is 1. The minimum Gasteiger partial charge on any atom is -0.481 e. The lowest BCUT2D eigenvalue weighted by Gasteiger charge is -2.34. The van der Waals surface area contributed by atoms with E-state index < -0.39 is 23.6 Å². The highest BCUT2D eigenvalue weighted by Gasteiger charge is 2.33. The molecule has 0 spiro atoms. The molecule has 2 unspecified atom stereocenters. The van der Waals surface area contributed by atoms with E-state index >= 15 is 0 Å². The fraction of sp³-hybridized carbons (Fsp3) is 0.429. The molecule has 2 rings (SSSR count). The summed E-state index contributed by atoms with van der Waals surface area (Å²) < 4.78 is 13.7. The minimum atomic E-state index is -0.930. The Balaban J connectivity index is 2.23. The molecule has 1 N–H and O–H groups in total. The van der Waals surface area contributed by atoms with Gasteiger partial charge < -0.3 is 10.0 Å². The number of piperidine rings is 1. The minimum absolute atomic E-state index is 0.0658. The normalized spacial score (nSPS) is 22.6. The molecule has 1 aromatic rings. The van der Waals surface area contributed by atoms with Crippen molar-refractivity contribution in [1.29, 1.82) is 0 Å². The van der Waals surface area contributed by atoms with Crippen LogP contribution in [0.1, 0.15) is 23.7 Å². The molecular formula is C14H15ClFNO3. The quantitative estimate of drug-likeness (QED) is 0.913. The monoisotopic (exact) mass is 299 g/mol. The Morgan fingerprint density at radius 2 is 2.10 bits per heavy atom. The van der Waals surface area contributed by atoms with E-state index in [1.165, 1.54) is 17.0 Å². The molecule has 0 radical (unpaired) electrons. The summed E-state index contributed by atoms with van der Waals surface area (Å²) in [6, 6.07) is 3.78. The Kier molecular flexibility index (Phi) is 4.28. The number of carbonyl (C=O) groups is 2. The number of carbonyl (C=O) groups excluding carboxylic acids is 1. The number of nitrogens with zero attached hydrogens (tertiary/aromatic N) is 1. The van der Waals surface area contributed by atoms with Crippen LogP contribution >= 0.6 is 11.6 Å². The van der Waals surface area contributed by atoms with E-state index in [2.05, 4.69) is 0 Å². The molecular weight excluding hydrogens is 285 g/mol. The molecule has 1 saturated heterocycles. The highest BCUT2D eigenvalue weighted by atomic mass is 35.5. The van der Waals surface area contributed by atoms with Gasteiger partial charge in [-0.25, -0.2) is 4.39 Å². The number of halogens is 2. The molecule has 1 amide bonds. The van der Waals surface area contributed by atoms with Crippen LogP contribution in [0, 0.1) is 17.7 Å². The summed E-state index contributed by atoms with van der Waals surface area (Å²) in [5.74, 6) is -2.63. The Morgan fingerprint density at radius 3 is 2.75 bits per heavy atom. The van der Waals surface area contributed by atoms with Crippen molar-refractivity contribution >= 4 is 23.5 Å². The number of benzene rings is 1. The van der Waals surface area contributed by atoms with Crippen LogP contribution in [0.25, 0.3) is 0 Å². The van der Waals surface area contributed by atoms with Crippen LogP contribution < -0.4 is 0 Å². The number of aliphatic carboxylic acids is 1. The van der Waals surface area contributed by atoms with E-state index in [0.717, 1.165) is 6.07 Å². The van der Waals surface area contributed by atoms with Crippen molar-refractivity contribution in [1.82, 2.24) is 4.90 Å². The molecule has 1 aliphatic heterocycles. The molecule has 1 fully saturated rings. The summed E-state index contributed by atoms with van der Waals surface area (Å²) >= 11 is 5.78. The summed E-state index contributed by atoms with van der Waals surface area (Å²) in [5.41, 5.74) is -0.115. The Labute approximate surface area is 121 Å². The lowest BCUT2D eigenvalue weighted by atomic mass is 9.90. The molecule has 0 bridgehead atoms. The zero-order valence-electron chi connectivity index (χ0n) is 11.0. The topological polar surface area (TPSA) is 57.6 Å². The second kappa shape index (κ2) is 5.79. The number of hydrogen-bond donors (Lipinski definition) is 1. The van der Waals surface area contributed by atoms with Gasteiger partial charge in [0.25, 0.3) is 5.91 Å². The molecule has 2 atom stereocenters. The maximum atomic E-state index is 13.7. The van der Waals surface area contributed by atoms with Crippen LogP contribution in [-0.4, -0.2) is 35.0 Å². The van der Waals surface area contributed by atoms with Crippen molar-refractivity contribution < 1.29 is 19.1 Å². The Hall–Kier alpha value is -1.62. The predicted molar refractivity (Wildman–Crippen MR) is 72.2 cm³/mol. The number of amides is 1. The first-order valence-electron chi connectivity index (χ1n) is 6.35. The first-order valence-corrected chi connectivity index (χ1v) is 6.73. The van der Waals surface area contributed by atoms with Crippen molar-refractivity contribution in [3.8, 4) is 0 Å². The molecule has 108 valence electrons. The van der Waals surface area contributed by atoms with Crippen molar-refractivity contribution in [2.24, 2.45) is 11.8 Å². The number of carboxylic acid groups (broad SMARTS) is 1. The van der Waals surface area contributed by atoms with E-state index in [1.54, 1.807) is 0 Å². The molecule has 1 aliphatic rings. The summed E-state index contributed by atoms with van der Waals surface area (Å²) in [4.78, 5) is 24.8. The van der Waals surface area contributed by atoms with E-state index in [-0.39, 0.29) is 23.0 Å². The summed E-state index contributed by atoms with van der Waals surface area (Å²) in [6.45, 7) is 2.41. The van der Waals surface area contributed by atoms with Crippen molar-refractivity contribution in [2.45, 2.75) is 13.3 Å². The lowest BCUT2D eigenvalue weighted by molar-refractivity contribution is -0.143. The first-order chi connectivity index (χ1) is 9.38. The Morgan fingerprint density at radius 1 is 1.40 bits per heavy atom. The zero-order valence-corrected chi connectivity index (χ0v) is 11.7. The number of hydrogen-bond acceptors (Lipinski definition) is 2. The highest BCUT2D eigenvalue weighted by molar-refractivity contribution is 6.31. The molecule has 20 heavy (non-hydrogen) atoms. The van der Waals surface area contributed by atoms with E-state index in [1.807, 2.05) is 6.92 Å². The third kappa shape index (κ3) is 3.10. The summed E-state index contributed by atoms with van der Waals surface area (Å²) in [6.07, 6.45) is 0.525. The average Bonchev–Trinajstić information content (AvgIpc) is 2.40. The number of rotatable bonds is 2. The standard InChI is InChI=1S/C14H15ClFNO3/c1-8-4-9(14(19)20)7-17(6-8)13(18)11-5-10(15)2-3-12(11)16/h2-3,5,8-9H,4,6-7H2,1H3,(H,19,20).